The standard InChI is InChI=1S/C5H12O3.HNO3/c6-2-1-5(3-7)4-8;2-1(3)4/h5-8H,1-4H2;(H,2,3,4). The third-order valence-corrected chi connectivity index (χ3v) is 1.05. The van der Waals surface area contributed by atoms with Crippen LogP contribution in [0.5, 0.6) is 0 Å². The predicted octanol–water partition coefficient (Wildman–Crippen LogP) is -1.38. The first-order valence-corrected chi connectivity index (χ1v) is 3.24. The number of rotatable bonds is 4. The lowest BCUT2D eigenvalue weighted by atomic mass is 10.1. The summed E-state index contributed by atoms with van der Waals surface area (Å²) in [6.07, 6.45) is 0.479. The van der Waals surface area contributed by atoms with Crippen molar-refractivity contribution < 1.29 is 25.6 Å². The van der Waals surface area contributed by atoms with Crippen molar-refractivity contribution in [1.29, 1.82) is 0 Å². The minimum absolute atomic E-state index is 0.0335. The van der Waals surface area contributed by atoms with E-state index in [1.54, 1.807) is 0 Å². The zero-order valence-electron chi connectivity index (χ0n) is 6.46. The van der Waals surface area contributed by atoms with Crippen molar-refractivity contribution in [2.75, 3.05) is 19.8 Å². The molecule has 0 amide bonds. The predicted molar refractivity (Wildman–Crippen MR) is 38.1 cm³/mol. The molecule has 12 heavy (non-hydrogen) atoms. The maximum atomic E-state index is 8.39. The Morgan fingerprint density at radius 1 is 1.25 bits per heavy atom. The Balaban J connectivity index is 0. The molecule has 0 fully saturated rings. The summed E-state index contributed by atoms with van der Waals surface area (Å²) in [4.78, 5) is 8.36. The fourth-order valence-corrected chi connectivity index (χ4v) is 0.423. The van der Waals surface area contributed by atoms with Crippen LogP contribution < -0.4 is 0 Å². The average molecular weight is 183 g/mol. The second kappa shape index (κ2) is 10.1. The summed E-state index contributed by atoms with van der Waals surface area (Å²) in [6.45, 7) is -0.0556. The highest BCUT2D eigenvalue weighted by Gasteiger charge is 2.02. The first-order valence-electron chi connectivity index (χ1n) is 3.24. The van der Waals surface area contributed by atoms with Gasteiger partial charge in [0.25, 0.3) is 5.09 Å². The Labute approximate surface area is 69.0 Å². The molecule has 0 aliphatic carbocycles. The molecule has 0 aliphatic heterocycles. The summed E-state index contributed by atoms with van der Waals surface area (Å²) in [6, 6.07) is 0. The Hall–Kier alpha value is -0.920. The maximum Gasteiger partial charge on any atom is 0.291 e. The van der Waals surface area contributed by atoms with Gasteiger partial charge in [0.2, 0.25) is 0 Å². The highest BCUT2D eigenvalue weighted by molar-refractivity contribution is 4.52. The van der Waals surface area contributed by atoms with Crippen molar-refractivity contribution in [2.45, 2.75) is 6.42 Å². The Bertz CT molecular complexity index is 100. The van der Waals surface area contributed by atoms with Gasteiger partial charge in [-0.3, -0.25) is 0 Å². The Kier molecular flexibility index (Phi) is 11.5. The topological polar surface area (TPSA) is 124 Å². The normalized spacial score (nSPS) is 9.00. The second-order valence-electron chi connectivity index (χ2n) is 1.98. The summed E-state index contributed by atoms with van der Waals surface area (Å²) >= 11 is 0. The maximum absolute atomic E-state index is 8.39. The zero-order valence-corrected chi connectivity index (χ0v) is 6.46. The van der Waals surface area contributed by atoms with E-state index in [1.807, 2.05) is 0 Å². The van der Waals surface area contributed by atoms with Crippen molar-refractivity contribution >= 4 is 0 Å². The van der Waals surface area contributed by atoms with Crippen LogP contribution >= 0.6 is 0 Å². The van der Waals surface area contributed by atoms with E-state index in [1.165, 1.54) is 0 Å². The number of hydrogen-bond donors (Lipinski definition) is 4. The van der Waals surface area contributed by atoms with Gasteiger partial charge in [-0.25, -0.2) is 0 Å². The van der Waals surface area contributed by atoms with Gasteiger partial charge in [-0.15, -0.1) is 10.1 Å². The Morgan fingerprint density at radius 2 is 1.58 bits per heavy atom. The lowest BCUT2D eigenvalue weighted by molar-refractivity contribution is -0.742. The van der Waals surface area contributed by atoms with Gasteiger partial charge in [0.05, 0.1) is 0 Å². The fourth-order valence-electron chi connectivity index (χ4n) is 0.423. The van der Waals surface area contributed by atoms with Crippen molar-refractivity contribution in [1.82, 2.24) is 0 Å². The number of nitrogens with zero attached hydrogens (tertiary/aromatic N) is 1. The van der Waals surface area contributed by atoms with E-state index < -0.39 is 5.09 Å². The number of aliphatic hydroxyl groups excluding tert-OH is 3. The van der Waals surface area contributed by atoms with Gasteiger partial charge in [0.1, 0.15) is 0 Å². The van der Waals surface area contributed by atoms with Crippen LogP contribution in [0.3, 0.4) is 0 Å². The summed E-state index contributed by atoms with van der Waals surface area (Å²) < 4.78 is 0. The highest BCUT2D eigenvalue weighted by atomic mass is 16.9. The van der Waals surface area contributed by atoms with Gasteiger partial charge in [-0.2, -0.15) is 0 Å². The molecular formula is C5H13NO6. The third-order valence-electron chi connectivity index (χ3n) is 1.05. The third kappa shape index (κ3) is 16.0. The van der Waals surface area contributed by atoms with Gasteiger partial charge in [-0.1, -0.05) is 0 Å². The molecule has 0 aromatic heterocycles. The van der Waals surface area contributed by atoms with E-state index in [0.29, 0.717) is 6.42 Å². The van der Waals surface area contributed by atoms with Crippen LogP contribution in [0.15, 0.2) is 0 Å². The summed E-state index contributed by atoms with van der Waals surface area (Å²) in [5.41, 5.74) is 0. The molecule has 0 rings (SSSR count). The van der Waals surface area contributed by atoms with Crippen molar-refractivity contribution in [3.05, 3.63) is 10.1 Å². The first kappa shape index (κ1) is 13.7. The molecule has 0 spiro atoms. The van der Waals surface area contributed by atoms with Crippen LogP contribution in [0.25, 0.3) is 0 Å². The largest absolute Gasteiger partial charge is 0.396 e. The van der Waals surface area contributed by atoms with Crippen LogP contribution in [-0.2, 0) is 0 Å². The summed E-state index contributed by atoms with van der Waals surface area (Å²) in [7, 11) is 0. The lowest BCUT2D eigenvalue weighted by Gasteiger charge is -2.06. The van der Waals surface area contributed by atoms with Crippen LogP contribution in [-0.4, -0.2) is 45.4 Å². The highest BCUT2D eigenvalue weighted by Crippen LogP contribution is 1.97. The summed E-state index contributed by atoms with van der Waals surface area (Å²) in [5.74, 6) is -0.139. The fraction of sp³-hybridized carbons (Fsp3) is 1.00. The van der Waals surface area contributed by atoms with E-state index in [9.17, 15) is 0 Å². The minimum Gasteiger partial charge on any atom is -0.396 e. The van der Waals surface area contributed by atoms with E-state index in [0.717, 1.165) is 0 Å². The van der Waals surface area contributed by atoms with Crippen molar-refractivity contribution in [3.63, 3.8) is 0 Å². The van der Waals surface area contributed by atoms with Gasteiger partial charge in [0.15, 0.2) is 0 Å². The molecule has 0 saturated carbocycles. The molecular weight excluding hydrogens is 170 g/mol. The smallest absolute Gasteiger partial charge is 0.291 e. The SMILES string of the molecule is O=[N+]([O-])O.OCCC(CO)CO. The molecule has 0 aliphatic rings. The molecule has 7 heteroatoms. The lowest BCUT2D eigenvalue weighted by Crippen LogP contribution is -2.12. The van der Waals surface area contributed by atoms with Crippen LogP contribution in [0.1, 0.15) is 6.42 Å². The zero-order chi connectivity index (χ0) is 9.98. The average Bonchev–Trinajstić information content (AvgIpc) is 1.99. The Morgan fingerprint density at radius 3 is 1.67 bits per heavy atom. The van der Waals surface area contributed by atoms with Gasteiger partial charge < -0.3 is 20.5 Å². The molecule has 74 valence electrons. The molecule has 0 radical (unpaired) electrons. The van der Waals surface area contributed by atoms with Gasteiger partial charge >= 0.3 is 0 Å². The molecule has 0 bridgehead atoms. The van der Waals surface area contributed by atoms with E-state index >= 15 is 0 Å². The van der Waals surface area contributed by atoms with Crippen LogP contribution in [0.2, 0.25) is 0 Å². The molecule has 0 aromatic rings. The first-order chi connectivity index (χ1) is 5.58. The van der Waals surface area contributed by atoms with E-state index in [-0.39, 0.29) is 25.7 Å². The molecule has 0 saturated heterocycles. The molecule has 0 atom stereocenters. The molecule has 0 unspecified atom stereocenters. The van der Waals surface area contributed by atoms with Crippen LogP contribution in [0, 0.1) is 16.0 Å². The molecule has 0 aromatic carbocycles. The summed E-state index contributed by atoms with van der Waals surface area (Å²) in [5, 5.41) is 38.7. The van der Waals surface area contributed by atoms with Gasteiger partial charge in [0, 0.05) is 25.7 Å². The molecule has 0 heterocycles. The van der Waals surface area contributed by atoms with Crippen molar-refractivity contribution in [3.8, 4) is 0 Å². The van der Waals surface area contributed by atoms with Gasteiger partial charge in [-0.05, 0) is 6.42 Å². The second-order valence-corrected chi connectivity index (χ2v) is 1.98. The van der Waals surface area contributed by atoms with Crippen LogP contribution in [0.4, 0.5) is 0 Å². The number of aliphatic hydroxyl groups is 3. The minimum atomic E-state index is -1.50. The van der Waals surface area contributed by atoms with E-state index in [4.69, 9.17) is 30.6 Å². The monoisotopic (exact) mass is 183 g/mol. The molecule has 4 N–H and O–H groups in total. The van der Waals surface area contributed by atoms with Crippen molar-refractivity contribution in [2.24, 2.45) is 5.92 Å². The number of hydrogen-bond acceptors (Lipinski definition) is 5. The van der Waals surface area contributed by atoms with E-state index in [2.05, 4.69) is 0 Å². The molecule has 7 nitrogen and oxygen atoms in total. The quantitative estimate of drug-likeness (QED) is 0.314.